The van der Waals surface area contributed by atoms with Gasteiger partial charge in [0.2, 0.25) is 0 Å². The fraction of sp³-hybridized carbons (Fsp3) is 0.647. The van der Waals surface area contributed by atoms with Gasteiger partial charge in [-0.05, 0) is 42.4 Å². The molecule has 0 unspecified atom stereocenters. The van der Waals surface area contributed by atoms with Crippen molar-refractivity contribution >= 4 is 0 Å². The summed E-state index contributed by atoms with van der Waals surface area (Å²) in [4.78, 5) is 0. The van der Waals surface area contributed by atoms with E-state index in [1.807, 2.05) is 6.07 Å². The average Bonchev–Trinajstić information content (AvgIpc) is 2.43. The molecule has 0 aromatic heterocycles. The molecule has 0 aliphatic heterocycles. The van der Waals surface area contributed by atoms with E-state index in [0.717, 1.165) is 31.4 Å². The Balaban J connectivity index is 2.86. The minimum Gasteiger partial charge on any atom is -0.494 e. The molecule has 1 rings (SSSR count). The number of hydrogen-bond donors (Lipinski definition) is 1. The molecule has 0 atom stereocenters. The number of hydrogen-bond acceptors (Lipinski definition) is 2. The lowest BCUT2D eigenvalue weighted by Crippen LogP contribution is -2.38. The molecule has 1 aromatic rings. The lowest BCUT2D eigenvalue weighted by atomic mass is 9.76. The van der Waals surface area contributed by atoms with Crippen LogP contribution in [0.25, 0.3) is 0 Å². The maximum absolute atomic E-state index is 13.8. The van der Waals surface area contributed by atoms with E-state index in [4.69, 9.17) is 4.74 Å². The van der Waals surface area contributed by atoms with Crippen molar-refractivity contribution in [3.05, 3.63) is 29.6 Å². The van der Waals surface area contributed by atoms with Gasteiger partial charge in [-0.2, -0.15) is 0 Å². The van der Waals surface area contributed by atoms with Gasteiger partial charge in [-0.15, -0.1) is 0 Å². The minimum absolute atomic E-state index is 0.186. The van der Waals surface area contributed by atoms with E-state index in [0.29, 0.717) is 11.8 Å². The molecule has 114 valence electrons. The molecular weight excluding hydrogens is 253 g/mol. The predicted octanol–water partition coefficient (Wildman–Crippen LogP) is 4.18. The third kappa shape index (κ3) is 4.48. The van der Waals surface area contributed by atoms with E-state index >= 15 is 0 Å². The summed E-state index contributed by atoms with van der Waals surface area (Å²) in [6.45, 7) is 9.70. The van der Waals surface area contributed by atoms with Gasteiger partial charge < -0.3 is 10.1 Å². The van der Waals surface area contributed by atoms with E-state index in [1.165, 1.54) is 7.11 Å². The summed E-state index contributed by atoms with van der Waals surface area (Å²) in [6.07, 6.45) is 3.05. The quantitative estimate of drug-likeness (QED) is 0.771. The molecule has 0 spiro atoms. The molecule has 2 nitrogen and oxygen atoms in total. The SMILES string of the molecule is CCC(CC)(CNC(C)C)Cc1ccc(OC)c(F)c1. The summed E-state index contributed by atoms with van der Waals surface area (Å²) >= 11 is 0. The highest BCUT2D eigenvalue weighted by atomic mass is 19.1. The van der Waals surface area contributed by atoms with Gasteiger partial charge in [0, 0.05) is 12.6 Å². The van der Waals surface area contributed by atoms with Crippen LogP contribution in [0.3, 0.4) is 0 Å². The van der Waals surface area contributed by atoms with Crippen LogP contribution in [0.4, 0.5) is 4.39 Å². The third-order valence-corrected chi connectivity index (χ3v) is 4.18. The van der Waals surface area contributed by atoms with Crippen LogP contribution in [0.5, 0.6) is 5.75 Å². The summed E-state index contributed by atoms with van der Waals surface area (Å²) in [5.41, 5.74) is 1.23. The van der Waals surface area contributed by atoms with Crippen LogP contribution in [0.2, 0.25) is 0 Å². The summed E-state index contributed by atoms with van der Waals surface area (Å²) in [5.74, 6) is 0.0376. The Hall–Kier alpha value is -1.09. The van der Waals surface area contributed by atoms with E-state index < -0.39 is 0 Å². The standard InChI is InChI=1S/C17H28FNO/c1-6-17(7-2,12-19-13(3)4)11-14-8-9-16(20-5)15(18)10-14/h8-10,13,19H,6-7,11-12H2,1-5H3. The van der Waals surface area contributed by atoms with E-state index in [-0.39, 0.29) is 11.2 Å². The zero-order chi connectivity index (χ0) is 15.2. The molecule has 0 saturated heterocycles. The normalized spacial score (nSPS) is 11.9. The number of methoxy groups -OCH3 is 1. The molecule has 0 bridgehead atoms. The van der Waals surface area contributed by atoms with E-state index in [2.05, 4.69) is 33.0 Å². The number of nitrogens with one attached hydrogen (secondary N) is 1. The Labute approximate surface area is 122 Å². The van der Waals surface area contributed by atoms with Crippen molar-refractivity contribution in [3.63, 3.8) is 0 Å². The Morgan fingerprint density at radius 3 is 2.35 bits per heavy atom. The Bertz CT molecular complexity index is 413. The first-order valence-corrected chi connectivity index (χ1v) is 7.52. The van der Waals surface area contributed by atoms with Gasteiger partial charge >= 0.3 is 0 Å². The highest BCUT2D eigenvalue weighted by molar-refractivity contribution is 5.30. The smallest absolute Gasteiger partial charge is 0.165 e. The second-order valence-electron chi connectivity index (χ2n) is 5.89. The number of rotatable bonds is 8. The molecule has 0 fully saturated rings. The summed E-state index contributed by atoms with van der Waals surface area (Å²) in [6, 6.07) is 5.77. The fourth-order valence-corrected chi connectivity index (χ4v) is 2.49. The lowest BCUT2D eigenvalue weighted by Gasteiger charge is -2.33. The molecule has 0 aliphatic rings. The largest absolute Gasteiger partial charge is 0.494 e. The molecule has 0 aliphatic carbocycles. The van der Waals surface area contributed by atoms with Crippen LogP contribution in [0.1, 0.15) is 46.1 Å². The average molecular weight is 281 g/mol. The third-order valence-electron chi connectivity index (χ3n) is 4.18. The van der Waals surface area contributed by atoms with Gasteiger partial charge in [0.15, 0.2) is 11.6 Å². The number of ether oxygens (including phenoxy) is 1. The van der Waals surface area contributed by atoms with Gasteiger partial charge in [-0.25, -0.2) is 4.39 Å². The molecule has 0 amide bonds. The minimum atomic E-state index is -0.275. The van der Waals surface area contributed by atoms with Crippen molar-refractivity contribution in [2.24, 2.45) is 5.41 Å². The van der Waals surface area contributed by atoms with Gasteiger partial charge in [-0.1, -0.05) is 33.8 Å². The van der Waals surface area contributed by atoms with Crippen LogP contribution in [-0.2, 0) is 6.42 Å². The van der Waals surface area contributed by atoms with Crippen molar-refractivity contribution in [3.8, 4) is 5.75 Å². The Morgan fingerprint density at radius 2 is 1.90 bits per heavy atom. The molecule has 0 saturated carbocycles. The van der Waals surface area contributed by atoms with Crippen molar-refractivity contribution < 1.29 is 9.13 Å². The first-order chi connectivity index (χ1) is 9.46. The molecule has 1 aromatic carbocycles. The summed E-state index contributed by atoms with van der Waals surface area (Å²) < 4.78 is 18.8. The van der Waals surface area contributed by atoms with Crippen molar-refractivity contribution in [2.75, 3.05) is 13.7 Å². The van der Waals surface area contributed by atoms with Crippen LogP contribution in [-0.4, -0.2) is 19.7 Å². The summed E-state index contributed by atoms with van der Waals surface area (Å²) in [7, 11) is 1.49. The topological polar surface area (TPSA) is 21.3 Å². The van der Waals surface area contributed by atoms with Crippen LogP contribution in [0.15, 0.2) is 18.2 Å². The monoisotopic (exact) mass is 281 g/mol. The Morgan fingerprint density at radius 1 is 1.25 bits per heavy atom. The van der Waals surface area contributed by atoms with Crippen LogP contribution >= 0.6 is 0 Å². The molecule has 0 radical (unpaired) electrons. The van der Waals surface area contributed by atoms with Crippen LogP contribution in [0, 0.1) is 11.2 Å². The second kappa shape index (κ2) is 7.63. The van der Waals surface area contributed by atoms with Gasteiger partial charge in [0.1, 0.15) is 0 Å². The first kappa shape index (κ1) is 17.0. The van der Waals surface area contributed by atoms with Crippen molar-refractivity contribution in [2.45, 2.75) is 53.0 Å². The van der Waals surface area contributed by atoms with E-state index in [9.17, 15) is 4.39 Å². The second-order valence-corrected chi connectivity index (χ2v) is 5.89. The highest BCUT2D eigenvalue weighted by Gasteiger charge is 2.26. The van der Waals surface area contributed by atoms with Crippen molar-refractivity contribution in [1.29, 1.82) is 0 Å². The van der Waals surface area contributed by atoms with Gasteiger partial charge in [0.05, 0.1) is 7.11 Å². The number of halogens is 1. The van der Waals surface area contributed by atoms with E-state index in [1.54, 1.807) is 12.1 Å². The van der Waals surface area contributed by atoms with Gasteiger partial charge in [-0.3, -0.25) is 0 Å². The number of benzene rings is 1. The maximum Gasteiger partial charge on any atom is 0.165 e. The highest BCUT2D eigenvalue weighted by Crippen LogP contribution is 2.31. The summed E-state index contributed by atoms with van der Waals surface area (Å²) in [5, 5.41) is 3.53. The maximum atomic E-state index is 13.8. The zero-order valence-electron chi connectivity index (χ0n) is 13.4. The molecule has 0 heterocycles. The lowest BCUT2D eigenvalue weighted by molar-refractivity contribution is 0.239. The molecule has 20 heavy (non-hydrogen) atoms. The first-order valence-electron chi connectivity index (χ1n) is 7.52. The van der Waals surface area contributed by atoms with Crippen LogP contribution < -0.4 is 10.1 Å². The zero-order valence-corrected chi connectivity index (χ0v) is 13.4. The molecular formula is C17H28FNO. The predicted molar refractivity (Wildman–Crippen MR) is 82.8 cm³/mol. The Kier molecular flexibility index (Phi) is 6.47. The van der Waals surface area contributed by atoms with Gasteiger partial charge in [0.25, 0.3) is 0 Å². The molecule has 1 N–H and O–H groups in total. The fourth-order valence-electron chi connectivity index (χ4n) is 2.49. The van der Waals surface area contributed by atoms with Crippen molar-refractivity contribution in [1.82, 2.24) is 5.32 Å². The molecule has 3 heteroatoms.